The van der Waals surface area contributed by atoms with Gasteiger partial charge in [-0.25, -0.2) is 4.79 Å². The fourth-order valence-electron chi connectivity index (χ4n) is 6.14. The Kier molecular flexibility index (Phi) is 7.74. The third-order valence-corrected chi connectivity index (χ3v) is 8.44. The third-order valence-electron chi connectivity index (χ3n) is 8.44. The number of hydrogen-bond acceptors (Lipinski definition) is 5. The lowest BCUT2D eigenvalue weighted by Crippen LogP contribution is -2.65. The number of ketones is 1. The van der Waals surface area contributed by atoms with Gasteiger partial charge >= 0.3 is 6.03 Å². The molecule has 2 aliphatic heterocycles. The van der Waals surface area contributed by atoms with Gasteiger partial charge in [-0.2, -0.15) is 0 Å². The Morgan fingerprint density at radius 3 is 2.17 bits per heavy atom. The maximum atomic E-state index is 13.5. The number of benzene rings is 1. The lowest BCUT2D eigenvalue weighted by Gasteiger charge is -2.43. The zero-order valence-corrected chi connectivity index (χ0v) is 21.2. The molecule has 1 aromatic rings. The fourth-order valence-corrected chi connectivity index (χ4v) is 6.14. The summed E-state index contributed by atoms with van der Waals surface area (Å²) in [7, 11) is 1.39. The zero-order valence-electron chi connectivity index (χ0n) is 21.2. The van der Waals surface area contributed by atoms with Crippen LogP contribution in [0.4, 0.5) is 4.79 Å². The zero-order chi connectivity index (χ0) is 25.1. The number of amides is 4. The Morgan fingerprint density at radius 2 is 1.57 bits per heavy atom. The van der Waals surface area contributed by atoms with E-state index in [9.17, 15) is 19.2 Å². The summed E-state index contributed by atoms with van der Waals surface area (Å²) >= 11 is 0. The standard InChI is InChI=1S/C28H39N3O4/c1-27(18-21-12-8-7-9-13-21)24(33)30(2)26(35)31(25(27)34)20-23(32)22-14-17-28(29-19-22)15-10-5-3-4-6-11-16-28/h7-9,12-13,22,29H,3-6,10-11,14-20H2,1-2H3. The molecule has 1 aliphatic carbocycles. The minimum absolute atomic E-state index is 0.109. The maximum absolute atomic E-state index is 13.5. The van der Waals surface area contributed by atoms with Gasteiger partial charge in [0, 0.05) is 25.0 Å². The van der Waals surface area contributed by atoms with Gasteiger partial charge in [-0.1, -0.05) is 68.9 Å². The Balaban J connectivity index is 1.43. The summed E-state index contributed by atoms with van der Waals surface area (Å²) in [5.41, 5.74) is -0.461. The van der Waals surface area contributed by atoms with E-state index in [1.165, 1.54) is 45.6 Å². The lowest BCUT2D eigenvalue weighted by atomic mass is 9.76. The third kappa shape index (κ3) is 5.35. The molecule has 7 nitrogen and oxygen atoms in total. The van der Waals surface area contributed by atoms with E-state index < -0.39 is 23.3 Å². The second kappa shape index (κ2) is 10.6. The van der Waals surface area contributed by atoms with Gasteiger partial charge in [-0.05, 0) is 44.6 Å². The number of carbonyl (C=O) groups excluding carboxylic acids is 4. The number of carbonyl (C=O) groups is 4. The second-order valence-electron chi connectivity index (χ2n) is 11.0. The molecule has 2 heterocycles. The Labute approximate surface area is 208 Å². The topological polar surface area (TPSA) is 86.8 Å². The van der Waals surface area contributed by atoms with Gasteiger partial charge in [-0.15, -0.1) is 0 Å². The number of Topliss-reactive ketones (excluding diaryl/α,β-unsaturated/α-hetero) is 1. The molecule has 4 amide bonds. The second-order valence-corrected chi connectivity index (χ2v) is 11.0. The maximum Gasteiger partial charge on any atom is 0.333 e. The van der Waals surface area contributed by atoms with E-state index in [-0.39, 0.29) is 30.2 Å². The van der Waals surface area contributed by atoms with Crippen LogP contribution in [0.5, 0.6) is 0 Å². The normalized spacial score (nSPS) is 27.9. The van der Waals surface area contributed by atoms with Crippen molar-refractivity contribution in [2.75, 3.05) is 20.1 Å². The van der Waals surface area contributed by atoms with Crippen molar-refractivity contribution in [1.29, 1.82) is 0 Å². The molecule has 1 N–H and O–H groups in total. The highest BCUT2D eigenvalue weighted by Crippen LogP contribution is 2.36. The molecule has 7 heteroatoms. The molecule has 1 saturated carbocycles. The first-order chi connectivity index (χ1) is 16.8. The number of piperidine rings is 1. The van der Waals surface area contributed by atoms with Gasteiger partial charge in [-0.3, -0.25) is 24.2 Å². The van der Waals surface area contributed by atoms with Gasteiger partial charge in [0.2, 0.25) is 11.8 Å². The van der Waals surface area contributed by atoms with E-state index in [1.54, 1.807) is 6.92 Å². The molecule has 3 aliphatic rings. The van der Waals surface area contributed by atoms with Crippen LogP contribution in [0.2, 0.25) is 0 Å². The molecule has 2 atom stereocenters. The number of imide groups is 2. The van der Waals surface area contributed by atoms with E-state index in [2.05, 4.69) is 5.32 Å². The van der Waals surface area contributed by atoms with Crippen LogP contribution in [0, 0.1) is 11.3 Å². The Bertz CT molecular complexity index is 942. The Hall–Kier alpha value is -2.54. The molecule has 1 spiro atoms. The summed E-state index contributed by atoms with van der Waals surface area (Å²) in [5, 5.41) is 3.71. The summed E-state index contributed by atoms with van der Waals surface area (Å²) in [4.78, 5) is 54.6. The van der Waals surface area contributed by atoms with Crippen LogP contribution < -0.4 is 5.32 Å². The minimum Gasteiger partial charge on any atom is -0.311 e. The van der Waals surface area contributed by atoms with Crippen molar-refractivity contribution in [3.05, 3.63) is 35.9 Å². The van der Waals surface area contributed by atoms with Gasteiger partial charge in [0.1, 0.15) is 5.41 Å². The Morgan fingerprint density at radius 1 is 0.943 bits per heavy atom. The number of urea groups is 1. The quantitative estimate of drug-likeness (QED) is 0.640. The van der Waals surface area contributed by atoms with Crippen LogP contribution >= 0.6 is 0 Å². The van der Waals surface area contributed by atoms with E-state index in [0.717, 1.165) is 41.0 Å². The van der Waals surface area contributed by atoms with E-state index >= 15 is 0 Å². The monoisotopic (exact) mass is 481 g/mol. The first-order valence-electron chi connectivity index (χ1n) is 13.2. The number of nitrogens with one attached hydrogen (secondary N) is 1. The molecule has 190 valence electrons. The number of nitrogens with zero attached hydrogens (tertiary/aromatic N) is 2. The molecule has 35 heavy (non-hydrogen) atoms. The van der Waals surface area contributed by atoms with Crippen molar-refractivity contribution in [2.45, 2.75) is 83.1 Å². The number of barbiturate groups is 1. The predicted octanol–water partition coefficient (Wildman–Crippen LogP) is 4.10. The molecule has 2 unspecified atom stereocenters. The molecule has 3 fully saturated rings. The van der Waals surface area contributed by atoms with Gasteiger partial charge < -0.3 is 5.32 Å². The van der Waals surface area contributed by atoms with Crippen molar-refractivity contribution >= 4 is 23.6 Å². The molecule has 0 radical (unpaired) electrons. The highest BCUT2D eigenvalue weighted by Gasteiger charge is 2.53. The lowest BCUT2D eigenvalue weighted by molar-refractivity contribution is -0.158. The predicted molar refractivity (Wildman–Crippen MR) is 134 cm³/mol. The molecular formula is C28H39N3O4. The van der Waals surface area contributed by atoms with E-state index in [4.69, 9.17) is 0 Å². The smallest absolute Gasteiger partial charge is 0.311 e. The number of rotatable bonds is 5. The molecule has 1 aromatic carbocycles. The van der Waals surface area contributed by atoms with Crippen LogP contribution in [-0.4, -0.2) is 59.1 Å². The van der Waals surface area contributed by atoms with Crippen molar-refractivity contribution in [1.82, 2.24) is 15.1 Å². The highest BCUT2D eigenvalue weighted by atomic mass is 16.2. The summed E-state index contributed by atoms with van der Waals surface area (Å²) in [5.74, 6) is -1.44. The van der Waals surface area contributed by atoms with Crippen LogP contribution in [-0.2, 0) is 20.8 Å². The average molecular weight is 482 g/mol. The average Bonchev–Trinajstić information content (AvgIpc) is 2.98. The van der Waals surface area contributed by atoms with Crippen molar-refractivity contribution in [2.24, 2.45) is 11.3 Å². The first-order valence-corrected chi connectivity index (χ1v) is 13.2. The van der Waals surface area contributed by atoms with Crippen molar-refractivity contribution < 1.29 is 19.2 Å². The van der Waals surface area contributed by atoms with E-state index in [0.29, 0.717) is 6.54 Å². The van der Waals surface area contributed by atoms with E-state index in [1.807, 2.05) is 30.3 Å². The van der Waals surface area contributed by atoms with Crippen LogP contribution in [0.3, 0.4) is 0 Å². The van der Waals surface area contributed by atoms with Gasteiger partial charge in [0.05, 0.1) is 6.54 Å². The number of hydrogen-bond donors (Lipinski definition) is 1. The molecule has 4 rings (SSSR count). The van der Waals surface area contributed by atoms with Crippen molar-refractivity contribution in [3.8, 4) is 0 Å². The highest BCUT2D eigenvalue weighted by molar-refractivity contribution is 6.19. The molecule has 0 bridgehead atoms. The SMILES string of the molecule is CN1C(=O)N(CC(=O)C2CCC3(CCCCCCCC3)NC2)C(=O)C(C)(Cc2ccccc2)C1=O. The largest absolute Gasteiger partial charge is 0.333 e. The van der Waals surface area contributed by atoms with Gasteiger partial charge in [0.15, 0.2) is 5.78 Å². The summed E-state index contributed by atoms with van der Waals surface area (Å²) in [6.45, 7) is 1.89. The van der Waals surface area contributed by atoms with Crippen LogP contribution in [0.1, 0.15) is 76.7 Å². The molecule has 2 saturated heterocycles. The molecular weight excluding hydrogens is 442 g/mol. The fraction of sp³-hybridized carbons (Fsp3) is 0.643. The summed E-state index contributed by atoms with van der Waals surface area (Å²) in [6, 6.07) is 8.59. The minimum atomic E-state index is -1.42. The van der Waals surface area contributed by atoms with Crippen LogP contribution in [0.15, 0.2) is 30.3 Å². The molecule has 0 aromatic heterocycles. The van der Waals surface area contributed by atoms with Crippen molar-refractivity contribution in [3.63, 3.8) is 0 Å². The first kappa shape index (κ1) is 25.5. The summed E-state index contributed by atoms with van der Waals surface area (Å²) < 4.78 is 0. The van der Waals surface area contributed by atoms with Crippen LogP contribution in [0.25, 0.3) is 0 Å². The van der Waals surface area contributed by atoms with Gasteiger partial charge in [0.25, 0.3) is 0 Å². The summed E-state index contributed by atoms with van der Waals surface area (Å²) in [6.07, 6.45) is 11.9.